The van der Waals surface area contributed by atoms with Gasteiger partial charge in [0, 0.05) is 25.3 Å². The highest BCUT2D eigenvalue weighted by Crippen LogP contribution is 2.34. The van der Waals surface area contributed by atoms with Crippen molar-refractivity contribution in [3.05, 3.63) is 29.3 Å². The van der Waals surface area contributed by atoms with Gasteiger partial charge in [-0.25, -0.2) is 4.79 Å². The van der Waals surface area contributed by atoms with E-state index < -0.39 is 11.6 Å². The van der Waals surface area contributed by atoms with E-state index in [1.165, 1.54) is 0 Å². The molecule has 0 bridgehead atoms. The van der Waals surface area contributed by atoms with Gasteiger partial charge in [0.15, 0.2) is 0 Å². The summed E-state index contributed by atoms with van der Waals surface area (Å²) < 4.78 is 0. The van der Waals surface area contributed by atoms with Gasteiger partial charge in [-0.3, -0.25) is 9.59 Å². The van der Waals surface area contributed by atoms with Crippen molar-refractivity contribution < 1.29 is 14.4 Å². The Bertz CT molecular complexity index is 843. The van der Waals surface area contributed by atoms with Gasteiger partial charge >= 0.3 is 6.03 Å². The lowest BCUT2D eigenvalue weighted by molar-refractivity contribution is -0.161. The van der Waals surface area contributed by atoms with Gasteiger partial charge in [-0.05, 0) is 62.6 Å². The topological polar surface area (TPSA) is 81.8 Å². The minimum atomic E-state index is -0.851. The quantitative estimate of drug-likeness (QED) is 0.754. The van der Waals surface area contributed by atoms with Crippen LogP contribution in [-0.2, 0) is 9.59 Å². The molecule has 2 aliphatic rings. The minimum absolute atomic E-state index is 0.0171. The first kappa shape index (κ1) is 23.1. The maximum atomic E-state index is 13.2. The molecule has 2 N–H and O–H groups in total. The van der Waals surface area contributed by atoms with Crippen LogP contribution in [0.2, 0.25) is 0 Å². The van der Waals surface area contributed by atoms with E-state index >= 15 is 0 Å². The van der Waals surface area contributed by atoms with Crippen molar-refractivity contribution >= 4 is 23.5 Å². The molecule has 1 spiro atoms. The summed E-state index contributed by atoms with van der Waals surface area (Å²) in [5, 5.41) is 6.00. The molecule has 1 aromatic carbocycles. The van der Waals surface area contributed by atoms with Crippen molar-refractivity contribution in [1.82, 2.24) is 15.1 Å². The summed E-state index contributed by atoms with van der Waals surface area (Å²) in [7, 11) is 0. The van der Waals surface area contributed by atoms with Crippen molar-refractivity contribution in [2.45, 2.75) is 71.9 Å². The predicted molar refractivity (Wildman–Crippen MR) is 122 cm³/mol. The molecule has 2 saturated heterocycles. The van der Waals surface area contributed by atoms with Gasteiger partial charge in [0.2, 0.25) is 11.8 Å². The predicted octanol–water partition coefficient (Wildman–Crippen LogP) is 3.45. The highest BCUT2D eigenvalue weighted by molar-refractivity contribution is 6.00. The molecule has 1 unspecified atom stereocenters. The van der Waals surface area contributed by atoms with Gasteiger partial charge in [0.1, 0.15) is 11.6 Å². The van der Waals surface area contributed by atoms with Crippen LogP contribution in [0.15, 0.2) is 18.2 Å². The van der Waals surface area contributed by atoms with E-state index in [1.54, 1.807) is 9.80 Å². The van der Waals surface area contributed by atoms with Crippen molar-refractivity contribution in [2.75, 3.05) is 25.0 Å². The first-order chi connectivity index (χ1) is 14.7. The highest BCUT2D eigenvalue weighted by atomic mass is 16.2. The monoisotopic (exact) mass is 428 g/mol. The average molecular weight is 429 g/mol. The maximum absolute atomic E-state index is 13.2. The zero-order valence-corrected chi connectivity index (χ0v) is 19.5. The van der Waals surface area contributed by atoms with Crippen LogP contribution in [0.25, 0.3) is 0 Å². The van der Waals surface area contributed by atoms with Gasteiger partial charge in [-0.1, -0.05) is 32.9 Å². The summed E-state index contributed by atoms with van der Waals surface area (Å²) in [5.41, 5.74) is 2.05. The molecule has 1 aromatic rings. The Morgan fingerprint density at radius 3 is 2.52 bits per heavy atom. The largest absolute Gasteiger partial charge is 0.342 e. The van der Waals surface area contributed by atoms with Crippen molar-refractivity contribution in [3.8, 4) is 0 Å². The molecule has 0 aliphatic carbocycles. The van der Waals surface area contributed by atoms with Crippen LogP contribution in [0.5, 0.6) is 0 Å². The van der Waals surface area contributed by atoms with Gasteiger partial charge in [-0.2, -0.15) is 0 Å². The highest BCUT2D eigenvalue weighted by Gasteiger charge is 2.53. The minimum Gasteiger partial charge on any atom is -0.342 e. The fourth-order valence-corrected chi connectivity index (χ4v) is 4.70. The van der Waals surface area contributed by atoms with Crippen LogP contribution in [-0.4, -0.2) is 58.9 Å². The lowest BCUT2D eigenvalue weighted by atomic mass is 9.81. The second kappa shape index (κ2) is 9.28. The number of nitrogens with one attached hydrogen (secondary N) is 2. The van der Waals surface area contributed by atoms with Gasteiger partial charge in [0.05, 0.1) is 0 Å². The molecule has 2 aliphatic heterocycles. The maximum Gasteiger partial charge on any atom is 0.321 e. The summed E-state index contributed by atoms with van der Waals surface area (Å²) in [4.78, 5) is 42.8. The summed E-state index contributed by atoms with van der Waals surface area (Å²) in [5.74, 6) is 0.270. The second-order valence-corrected chi connectivity index (χ2v) is 9.41. The Balaban J connectivity index is 1.72. The van der Waals surface area contributed by atoms with Crippen molar-refractivity contribution in [1.29, 1.82) is 0 Å². The molecule has 2 heterocycles. The summed E-state index contributed by atoms with van der Waals surface area (Å²) in [6, 6.07) is 5.36. The Morgan fingerprint density at radius 2 is 1.90 bits per heavy atom. The molecule has 170 valence electrons. The van der Waals surface area contributed by atoms with E-state index in [2.05, 4.69) is 24.5 Å². The second-order valence-electron chi connectivity index (χ2n) is 9.41. The van der Waals surface area contributed by atoms with Gasteiger partial charge < -0.3 is 20.4 Å². The molecule has 7 heteroatoms. The molecule has 0 aromatic heterocycles. The standard InChI is InChI=1S/C24H36N4O3/c1-6-11-28-21(29)20(14-16(2)3)25-22(30)24(28)9-12-27(13-10-24)23(31)26-19-15-17(4)7-8-18(19)5/h7-8,15-16,20H,6,9-14H2,1-5H3,(H,25,30)(H,26,31). The third-order valence-electron chi connectivity index (χ3n) is 6.48. The van der Waals surface area contributed by atoms with Gasteiger partial charge in [-0.15, -0.1) is 0 Å². The fourth-order valence-electron chi connectivity index (χ4n) is 4.70. The number of hydrogen-bond acceptors (Lipinski definition) is 3. The number of nitrogens with zero attached hydrogens (tertiary/aromatic N) is 2. The van der Waals surface area contributed by atoms with E-state index in [9.17, 15) is 14.4 Å². The van der Waals surface area contributed by atoms with Crippen LogP contribution >= 0.6 is 0 Å². The van der Waals surface area contributed by atoms with Crippen LogP contribution in [0.4, 0.5) is 10.5 Å². The number of amides is 4. The Kier molecular flexibility index (Phi) is 6.92. The summed E-state index contributed by atoms with van der Waals surface area (Å²) >= 11 is 0. The summed E-state index contributed by atoms with van der Waals surface area (Å²) in [6.45, 7) is 11.5. The Morgan fingerprint density at radius 1 is 1.23 bits per heavy atom. The van der Waals surface area contributed by atoms with E-state index in [1.807, 2.05) is 39.0 Å². The lowest BCUT2D eigenvalue weighted by Gasteiger charge is -2.51. The number of likely N-dealkylation sites (tertiary alicyclic amines) is 1. The molecule has 2 fully saturated rings. The SMILES string of the molecule is CCCN1C(=O)C(CC(C)C)NC(=O)C12CCN(C(=O)Nc1cc(C)ccc1C)CC2. The van der Waals surface area contributed by atoms with Crippen molar-refractivity contribution in [3.63, 3.8) is 0 Å². The first-order valence-electron chi connectivity index (χ1n) is 11.4. The smallest absolute Gasteiger partial charge is 0.321 e. The number of piperazine rings is 1. The molecule has 4 amide bonds. The number of rotatable bonds is 5. The molecular formula is C24H36N4O3. The number of piperidine rings is 1. The number of aryl methyl sites for hydroxylation is 2. The molecular weight excluding hydrogens is 392 g/mol. The summed E-state index contributed by atoms with van der Waals surface area (Å²) in [6.07, 6.45) is 2.36. The van der Waals surface area contributed by atoms with Crippen LogP contribution in [0, 0.1) is 19.8 Å². The van der Waals surface area contributed by atoms with Gasteiger partial charge in [0.25, 0.3) is 0 Å². The van der Waals surface area contributed by atoms with E-state index in [0.717, 1.165) is 23.2 Å². The lowest BCUT2D eigenvalue weighted by Crippen LogP contribution is -2.73. The van der Waals surface area contributed by atoms with Crippen LogP contribution in [0.3, 0.4) is 0 Å². The zero-order valence-electron chi connectivity index (χ0n) is 19.5. The normalized spacial score (nSPS) is 20.9. The van der Waals surface area contributed by atoms with Crippen molar-refractivity contribution in [2.24, 2.45) is 5.92 Å². The number of benzene rings is 1. The molecule has 31 heavy (non-hydrogen) atoms. The third kappa shape index (κ3) is 4.70. The van der Waals surface area contributed by atoms with E-state index in [4.69, 9.17) is 0 Å². The third-order valence-corrected chi connectivity index (χ3v) is 6.48. The average Bonchev–Trinajstić information content (AvgIpc) is 2.72. The first-order valence-corrected chi connectivity index (χ1v) is 11.4. The number of urea groups is 1. The number of carbonyl (C=O) groups is 3. The van der Waals surface area contributed by atoms with Crippen LogP contribution in [0.1, 0.15) is 57.6 Å². The van der Waals surface area contributed by atoms with Crippen LogP contribution < -0.4 is 10.6 Å². The molecule has 1 atom stereocenters. The van der Waals surface area contributed by atoms with E-state index in [0.29, 0.717) is 44.8 Å². The zero-order chi connectivity index (χ0) is 22.8. The Labute approximate surface area is 185 Å². The number of hydrogen-bond donors (Lipinski definition) is 2. The fraction of sp³-hybridized carbons (Fsp3) is 0.625. The Hall–Kier alpha value is -2.57. The number of anilines is 1. The number of carbonyl (C=O) groups excluding carboxylic acids is 3. The van der Waals surface area contributed by atoms with E-state index in [-0.39, 0.29) is 17.8 Å². The molecule has 0 radical (unpaired) electrons. The molecule has 7 nitrogen and oxygen atoms in total. The molecule has 3 rings (SSSR count). The molecule has 0 saturated carbocycles.